The fourth-order valence-corrected chi connectivity index (χ4v) is 5.61. The van der Waals surface area contributed by atoms with E-state index >= 15 is 0 Å². The Morgan fingerprint density at radius 3 is 2.30 bits per heavy atom. The van der Waals surface area contributed by atoms with Crippen molar-refractivity contribution in [2.45, 2.75) is 64.1 Å². The first-order valence-corrected chi connectivity index (χ1v) is 14.4. The highest BCUT2D eigenvalue weighted by atomic mass is 16.5. The Morgan fingerprint density at radius 1 is 0.930 bits per heavy atom. The van der Waals surface area contributed by atoms with Crippen LogP contribution in [-0.2, 0) is 14.3 Å². The molecule has 1 saturated heterocycles. The Morgan fingerprint density at radius 2 is 1.63 bits per heavy atom. The van der Waals surface area contributed by atoms with Crippen molar-refractivity contribution in [2.24, 2.45) is 0 Å². The van der Waals surface area contributed by atoms with Gasteiger partial charge in [-0.15, -0.1) is 0 Å². The van der Waals surface area contributed by atoms with Crippen LogP contribution in [0.2, 0.25) is 0 Å². The standard InChI is InChI=1S/C34H40N4O5/c1-22-12-9-10-17-27(22)25-19-28(36-33(42)35-26-16-11-15-24(18-26)32(41)43-5)31(40)38(21-30(39)37-34(2,3)4)29(20-25)23-13-7-6-8-14-23/h6-18,25,28-29H,19-21H2,1-5H3,(H,37,39)(H2,35,36,42). The molecule has 1 aliphatic rings. The van der Waals surface area contributed by atoms with E-state index in [1.165, 1.54) is 13.2 Å². The monoisotopic (exact) mass is 584 g/mol. The van der Waals surface area contributed by atoms with Gasteiger partial charge in [0.2, 0.25) is 11.8 Å². The van der Waals surface area contributed by atoms with E-state index in [2.05, 4.69) is 22.0 Å². The third-order valence-electron chi connectivity index (χ3n) is 7.47. The van der Waals surface area contributed by atoms with Crippen molar-refractivity contribution >= 4 is 29.5 Å². The number of benzene rings is 3. The maximum absolute atomic E-state index is 14.3. The lowest BCUT2D eigenvalue weighted by Crippen LogP contribution is -2.53. The zero-order valence-corrected chi connectivity index (χ0v) is 25.3. The van der Waals surface area contributed by atoms with E-state index < -0.39 is 29.6 Å². The molecule has 1 aliphatic heterocycles. The second-order valence-electron chi connectivity index (χ2n) is 11.9. The van der Waals surface area contributed by atoms with Crippen molar-refractivity contribution in [1.82, 2.24) is 15.5 Å². The second kappa shape index (κ2) is 13.5. The van der Waals surface area contributed by atoms with Crippen LogP contribution in [0.3, 0.4) is 0 Å². The highest BCUT2D eigenvalue weighted by Crippen LogP contribution is 2.40. The van der Waals surface area contributed by atoms with Gasteiger partial charge >= 0.3 is 12.0 Å². The number of nitrogens with zero attached hydrogens (tertiary/aromatic N) is 1. The smallest absolute Gasteiger partial charge is 0.337 e. The lowest BCUT2D eigenvalue weighted by atomic mass is 9.84. The molecule has 9 heteroatoms. The highest BCUT2D eigenvalue weighted by molar-refractivity contribution is 5.96. The summed E-state index contributed by atoms with van der Waals surface area (Å²) in [6, 6.07) is 22.2. The van der Waals surface area contributed by atoms with E-state index in [0.29, 0.717) is 18.5 Å². The second-order valence-corrected chi connectivity index (χ2v) is 11.9. The molecule has 0 aliphatic carbocycles. The van der Waals surface area contributed by atoms with Crippen molar-refractivity contribution in [2.75, 3.05) is 19.0 Å². The van der Waals surface area contributed by atoms with Crippen molar-refractivity contribution in [3.63, 3.8) is 0 Å². The quantitative estimate of drug-likeness (QED) is 0.325. The Hall–Kier alpha value is -4.66. The summed E-state index contributed by atoms with van der Waals surface area (Å²) >= 11 is 0. The summed E-state index contributed by atoms with van der Waals surface area (Å²) in [4.78, 5) is 54.4. The zero-order valence-electron chi connectivity index (χ0n) is 25.3. The average molecular weight is 585 g/mol. The number of rotatable bonds is 7. The molecule has 0 bridgehead atoms. The summed E-state index contributed by atoms with van der Waals surface area (Å²) in [5.41, 5.74) is 3.29. The number of carbonyl (C=O) groups excluding carboxylic acids is 4. The molecule has 3 aromatic carbocycles. The zero-order chi connectivity index (χ0) is 31.1. The van der Waals surface area contributed by atoms with Gasteiger partial charge in [0.1, 0.15) is 12.6 Å². The van der Waals surface area contributed by atoms with Gasteiger partial charge < -0.3 is 25.6 Å². The minimum Gasteiger partial charge on any atom is -0.465 e. The highest BCUT2D eigenvalue weighted by Gasteiger charge is 2.40. The van der Waals surface area contributed by atoms with Crippen LogP contribution in [-0.4, -0.2) is 54.0 Å². The summed E-state index contributed by atoms with van der Waals surface area (Å²) in [6.07, 6.45) is 0.921. The molecule has 4 rings (SSSR count). The Balaban J connectivity index is 1.69. The third kappa shape index (κ3) is 8.22. The van der Waals surface area contributed by atoms with Gasteiger partial charge in [-0.1, -0.05) is 60.7 Å². The average Bonchev–Trinajstić information content (AvgIpc) is 3.09. The molecule has 9 nitrogen and oxygen atoms in total. The molecule has 3 atom stereocenters. The number of ether oxygens (including phenoxy) is 1. The van der Waals surface area contributed by atoms with Crippen molar-refractivity contribution in [3.8, 4) is 0 Å². The summed E-state index contributed by atoms with van der Waals surface area (Å²) in [7, 11) is 1.29. The number of likely N-dealkylation sites (tertiary alicyclic amines) is 1. The van der Waals surface area contributed by atoms with Gasteiger partial charge in [-0.25, -0.2) is 9.59 Å². The topological polar surface area (TPSA) is 117 Å². The number of carbonyl (C=O) groups is 4. The molecule has 43 heavy (non-hydrogen) atoms. The summed E-state index contributed by atoms with van der Waals surface area (Å²) in [6.45, 7) is 7.56. The first-order valence-electron chi connectivity index (χ1n) is 14.4. The predicted molar refractivity (Wildman–Crippen MR) is 166 cm³/mol. The van der Waals surface area contributed by atoms with E-state index in [0.717, 1.165) is 16.7 Å². The lowest BCUT2D eigenvalue weighted by molar-refractivity contribution is -0.139. The molecule has 226 valence electrons. The molecule has 3 aromatic rings. The van der Waals surface area contributed by atoms with Crippen LogP contribution in [0.5, 0.6) is 0 Å². The van der Waals surface area contributed by atoms with Crippen LogP contribution >= 0.6 is 0 Å². The predicted octanol–water partition coefficient (Wildman–Crippen LogP) is 5.33. The number of nitrogens with one attached hydrogen (secondary N) is 3. The molecule has 0 radical (unpaired) electrons. The fraction of sp³-hybridized carbons (Fsp3) is 0.353. The van der Waals surface area contributed by atoms with Gasteiger partial charge in [-0.3, -0.25) is 9.59 Å². The third-order valence-corrected chi connectivity index (χ3v) is 7.47. The van der Waals surface area contributed by atoms with E-state index in [-0.39, 0.29) is 29.8 Å². The van der Waals surface area contributed by atoms with Gasteiger partial charge in [0.15, 0.2) is 0 Å². The number of methoxy groups -OCH3 is 1. The Kier molecular flexibility index (Phi) is 9.85. The number of esters is 1. The number of aryl methyl sites for hydroxylation is 1. The van der Waals surface area contributed by atoms with Crippen molar-refractivity contribution in [1.29, 1.82) is 0 Å². The van der Waals surface area contributed by atoms with Crippen molar-refractivity contribution in [3.05, 3.63) is 101 Å². The molecule has 0 saturated carbocycles. The van der Waals surface area contributed by atoms with Crippen LogP contribution < -0.4 is 16.0 Å². The van der Waals surface area contributed by atoms with Crippen LogP contribution in [0.1, 0.15) is 72.6 Å². The normalized spacial score (nSPS) is 18.8. The number of anilines is 1. The number of hydrogen-bond donors (Lipinski definition) is 3. The molecule has 3 N–H and O–H groups in total. The van der Waals surface area contributed by atoms with Crippen LogP contribution in [0.15, 0.2) is 78.9 Å². The van der Waals surface area contributed by atoms with E-state index in [9.17, 15) is 19.2 Å². The first-order chi connectivity index (χ1) is 20.4. The first kappa shape index (κ1) is 31.3. The number of amides is 4. The molecule has 1 fully saturated rings. The van der Waals surface area contributed by atoms with Crippen LogP contribution in [0.4, 0.5) is 10.5 Å². The maximum Gasteiger partial charge on any atom is 0.337 e. The fourth-order valence-electron chi connectivity index (χ4n) is 5.61. The Labute approximate surface area is 253 Å². The minimum atomic E-state index is -0.912. The molecule has 1 heterocycles. The van der Waals surface area contributed by atoms with Crippen LogP contribution in [0, 0.1) is 6.92 Å². The minimum absolute atomic E-state index is 0.0843. The van der Waals surface area contributed by atoms with Gasteiger partial charge in [0.05, 0.1) is 18.7 Å². The van der Waals surface area contributed by atoms with E-state index in [4.69, 9.17) is 4.74 Å². The van der Waals surface area contributed by atoms with Crippen LogP contribution in [0.25, 0.3) is 0 Å². The largest absolute Gasteiger partial charge is 0.465 e. The maximum atomic E-state index is 14.3. The SMILES string of the molecule is COC(=O)c1cccc(NC(=O)NC2CC(c3ccccc3C)CC(c3ccccc3)N(CC(=O)NC(C)(C)C)C2=O)c1. The van der Waals surface area contributed by atoms with E-state index in [1.54, 1.807) is 23.1 Å². The molecular formula is C34H40N4O5. The molecule has 4 amide bonds. The summed E-state index contributed by atoms with van der Waals surface area (Å²) < 4.78 is 4.78. The molecule has 0 aromatic heterocycles. The number of urea groups is 1. The van der Waals surface area contributed by atoms with Crippen molar-refractivity contribution < 1.29 is 23.9 Å². The van der Waals surface area contributed by atoms with Gasteiger partial charge in [0.25, 0.3) is 0 Å². The molecule has 3 unspecified atom stereocenters. The number of hydrogen-bond acceptors (Lipinski definition) is 5. The van der Waals surface area contributed by atoms with E-state index in [1.807, 2.05) is 76.2 Å². The summed E-state index contributed by atoms with van der Waals surface area (Å²) in [5, 5.41) is 8.58. The lowest BCUT2D eigenvalue weighted by Gasteiger charge is -2.33. The van der Waals surface area contributed by atoms with Gasteiger partial charge in [0, 0.05) is 11.2 Å². The molecular weight excluding hydrogens is 544 g/mol. The Bertz CT molecular complexity index is 1470. The van der Waals surface area contributed by atoms with Gasteiger partial charge in [-0.05, 0) is 81.3 Å². The van der Waals surface area contributed by atoms with Gasteiger partial charge in [-0.2, -0.15) is 0 Å². The molecule has 0 spiro atoms. The summed E-state index contributed by atoms with van der Waals surface area (Å²) in [5.74, 6) is -1.23.